The highest BCUT2D eigenvalue weighted by atomic mass is 35.5. The van der Waals surface area contributed by atoms with Crippen LogP contribution >= 0.6 is 11.6 Å². The number of nitrogens with zero attached hydrogens (tertiary/aromatic N) is 2. The van der Waals surface area contributed by atoms with Crippen molar-refractivity contribution in [2.24, 2.45) is 0 Å². The van der Waals surface area contributed by atoms with Crippen molar-refractivity contribution in [2.45, 2.75) is 52.0 Å². The molecule has 1 N–H and O–H groups in total. The molecule has 1 aromatic rings. The zero-order valence-electron chi connectivity index (χ0n) is 13.0. The number of unbranched alkanes of at least 4 members (excludes halogenated alkanes) is 5. The second-order valence-electron chi connectivity index (χ2n) is 5.09. The number of aromatic nitrogens is 2. The van der Waals surface area contributed by atoms with Gasteiger partial charge in [0.2, 0.25) is 0 Å². The van der Waals surface area contributed by atoms with Crippen LogP contribution in [0.3, 0.4) is 0 Å². The average Bonchev–Trinajstić information content (AvgIpc) is 2.49. The molecule has 21 heavy (non-hydrogen) atoms. The summed E-state index contributed by atoms with van der Waals surface area (Å²) in [5, 5.41) is 7.48. The standard InChI is InChI=1S/C15H26ClN3O2/c1-3-4-5-6-7-8-9-17-13-12-18-19(10-11-21-2)15(20)14(13)16/h12,17H,3-11H2,1-2H3. The smallest absolute Gasteiger partial charge is 0.287 e. The number of hydrogen-bond acceptors (Lipinski definition) is 4. The lowest BCUT2D eigenvalue weighted by Crippen LogP contribution is -2.26. The van der Waals surface area contributed by atoms with E-state index in [2.05, 4.69) is 17.3 Å². The molecule has 0 amide bonds. The van der Waals surface area contributed by atoms with Gasteiger partial charge in [0.1, 0.15) is 5.02 Å². The maximum absolute atomic E-state index is 12.0. The van der Waals surface area contributed by atoms with E-state index in [1.54, 1.807) is 13.3 Å². The van der Waals surface area contributed by atoms with Crippen molar-refractivity contribution in [3.63, 3.8) is 0 Å². The van der Waals surface area contributed by atoms with Crippen molar-refractivity contribution in [1.82, 2.24) is 9.78 Å². The molecule has 5 nitrogen and oxygen atoms in total. The van der Waals surface area contributed by atoms with Crippen molar-refractivity contribution < 1.29 is 4.74 Å². The summed E-state index contributed by atoms with van der Waals surface area (Å²) < 4.78 is 6.25. The van der Waals surface area contributed by atoms with Crippen molar-refractivity contribution in [1.29, 1.82) is 0 Å². The van der Waals surface area contributed by atoms with E-state index in [1.165, 1.54) is 36.8 Å². The Kier molecular flexibility index (Phi) is 9.10. The number of rotatable bonds is 11. The molecule has 0 unspecified atom stereocenters. The van der Waals surface area contributed by atoms with Crippen LogP contribution < -0.4 is 10.9 Å². The third-order valence-corrected chi connectivity index (χ3v) is 3.70. The van der Waals surface area contributed by atoms with Gasteiger partial charge >= 0.3 is 0 Å². The Bertz CT molecular complexity index is 463. The van der Waals surface area contributed by atoms with Gasteiger partial charge in [-0.15, -0.1) is 0 Å². The van der Waals surface area contributed by atoms with E-state index in [9.17, 15) is 4.79 Å². The summed E-state index contributed by atoms with van der Waals surface area (Å²) in [7, 11) is 1.59. The minimum atomic E-state index is -0.276. The molecule has 0 fully saturated rings. The molecular formula is C15H26ClN3O2. The van der Waals surface area contributed by atoms with Crippen LogP contribution in [0.5, 0.6) is 0 Å². The molecule has 0 aliphatic rings. The summed E-state index contributed by atoms with van der Waals surface area (Å²) >= 11 is 6.08. The van der Waals surface area contributed by atoms with E-state index in [4.69, 9.17) is 16.3 Å². The normalized spacial score (nSPS) is 10.8. The first kappa shape index (κ1) is 18.0. The quantitative estimate of drug-likeness (QED) is 0.636. The van der Waals surface area contributed by atoms with Crippen molar-refractivity contribution >= 4 is 17.3 Å². The molecule has 120 valence electrons. The lowest BCUT2D eigenvalue weighted by molar-refractivity contribution is 0.182. The summed E-state index contributed by atoms with van der Waals surface area (Å²) in [6.07, 6.45) is 9.02. The van der Waals surface area contributed by atoms with Gasteiger partial charge in [-0.25, -0.2) is 4.68 Å². The van der Waals surface area contributed by atoms with Crippen LogP contribution in [0.25, 0.3) is 0 Å². The van der Waals surface area contributed by atoms with Crippen molar-refractivity contribution in [3.8, 4) is 0 Å². The first-order valence-electron chi connectivity index (χ1n) is 7.69. The van der Waals surface area contributed by atoms with Crippen molar-refractivity contribution in [3.05, 3.63) is 21.6 Å². The van der Waals surface area contributed by atoms with Crippen LogP contribution in [-0.4, -0.2) is 30.0 Å². The Morgan fingerprint density at radius 1 is 1.29 bits per heavy atom. The summed E-state index contributed by atoms with van der Waals surface area (Å²) in [6.45, 7) is 3.88. The number of nitrogens with one attached hydrogen (secondary N) is 1. The van der Waals surface area contributed by atoms with Crippen LogP contribution in [0.15, 0.2) is 11.0 Å². The van der Waals surface area contributed by atoms with Crippen molar-refractivity contribution in [2.75, 3.05) is 25.6 Å². The molecule has 0 aliphatic carbocycles. The highest BCUT2D eigenvalue weighted by Gasteiger charge is 2.08. The number of ether oxygens (including phenoxy) is 1. The van der Waals surface area contributed by atoms with Gasteiger partial charge in [-0.1, -0.05) is 50.6 Å². The second kappa shape index (κ2) is 10.6. The maximum Gasteiger partial charge on any atom is 0.287 e. The van der Waals surface area contributed by atoms with Crippen LogP contribution in [-0.2, 0) is 11.3 Å². The van der Waals surface area contributed by atoms with Gasteiger partial charge in [0.05, 0.1) is 25.0 Å². The molecule has 0 bridgehead atoms. The fourth-order valence-electron chi connectivity index (χ4n) is 2.05. The Hall–Kier alpha value is -1.07. The SMILES string of the molecule is CCCCCCCCNc1cnn(CCOC)c(=O)c1Cl. The molecule has 0 saturated heterocycles. The first-order chi connectivity index (χ1) is 10.2. The zero-order chi connectivity index (χ0) is 15.5. The van der Waals surface area contributed by atoms with Gasteiger partial charge in [0, 0.05) is 13.7 Å². The minimum absolute atomic E-state index is 0.201. The summed E-state index contributed by atoms with van der Waals surface area (Å²) in [5.74, 6) is 0. The van der Waals surface area contributed by atoms with Gasteiger partial charge < -0.3 is 10.1 Å². The lowest BCUT2D eigenvalue weighted by Gasteiger charge is -2.10. The minimum Gasteiger partial charge on any atom is -0.383 e. The van der Waals surface area contributed by atoms with Crippen LogP contribution in [0.4, 0.5) is 5.69 Å². The van der Waals surface area contributed by atoms with Gasteiger partial charge in [-0.05, 0) is 6.42 Å². The van der Waals surface area contributed by atoms with E-state index in [0.717, 1.165) is 13.0 Å². The molecule has 0 atom stereocenters. The number of hydrogen-bond donors (Lipinski definition) is 1. The zero-order valence-corrected chi connectivity index (χ0v) is 13.8. The molecule has 0 spiro atoms. The number of methoxy groups -OCH3 is 1. The fourth-order valence-corrected chi connectivity index (χ4v) is 2.27. The largest absolute Gasteiger partial charge is 0.383 e. The average molecular weight is 316 g/mol. The molecule has 0 aromatic carbocycles. The van der Waals surface area contributed by atoms with Crippen LogP contribution in [0, 0.1) is 0 Å². The van der Waals surface area contributed by atoms with Crippen LogP contribution in [0.1, 0.15) is 45.4 Å². The highest BCUT2D eigenvalue weighted by Crippen LogP contribution is 2.15. The Morgan fingerprint density at radius 2 is 2.00 bits per heavy atom. The van der Waals surface area contributed by atoms with E-state index >= 15 is 0 Å². The van der Waals surface area contributed by atoms with E-state index in [1.807, 2.05) is 0 Å². The Labute approximate surface area is 131 Å². The number of anilines is 1. The summed E-state index contributed by atoms with van der Waals surface area (Å²) in [4.78, 5) is 12.0. The predicted molar refractivity (Wildman–Crippen MR) is 87.2 cm³/mol. The molecule has 0 aliphatic heterocycles. The van der Waals surface area contributed by atoms with Crippen LogP contribution in [0.2, 0.25) is 5.02 Å². The van der Waals surface area contributed by atoms with Gasteiger partial charge in [0.15, 0.2) is 0 Å². The molecular weight excluding hydrogens is 290 g/mol. The number of halogens is 1. The predicted octanol–water partition coefficient (Wildman–Crippen LogP) is 3.32. The maximum atomic E-state index is 12.0. The molecule has 0 radical (unpaired) electrons. The van der Waals surface area contributed by atoms with E-state index in [0.29, 0.717) is 18.8 Å². The highest BCUT2D eigenvalue weighted by molar-refractivity contribution is 6.32. The molecule has 0 saturated carbocycles. The molecule has 1 heterocycles. The summed E-state index contributed by atoms with van der Waals surface area (Å²) in [5.41, 5.74) is 0.338. The monoisotopic (exact) mass is 315 g/mol. The van der Waals surface area contributed by atoms with E-state index in [-0.39, 0.29) is 10.6 Å². The first-order valence-corrected chi connectivity index (χ1v) is 8.07. The second-order valence-corrected chi connectivity index (χ2v) is 5.47. The molecule has 6 heteroatoms. The topological polar surface area (TPSA) is 56.1 Å². The fraction of sp³-hybridized carbons (Fsp3) is 0.733. The molecule has 1 rings (SSSR count). The lowest BCUT2D eigenvalue weighted by atomic mass is 10.1. The molecule has 1 aromatic heterocycles. The third kappa shape index (κ3) is 6.48. The summed E-state index contributed by atoms with van der Waals surface area (Å²) in [6, 6.07) is 0. The Morgan fingerprint density at radius 3 is 2.71 bits per heavy atom. The van der Waals surface area contributed by atoms with Gasteiger partial charge in [0.25, 0.3) is 5.56 Å². The van der Waals surface area contributed by atoms with Gasteiger partial charge in [-0.2, -0.15) is 5.10 Å². The van der Waals surface area contributed by atoms with E-state index < -0.39 is 0 Å². The van der Waals surface area contributed by atoms with Gasteiger partial charge in [-0.3, -0.25) is 4.79 Å². The third-order valence-electron chi connectivity index (χ3n) is 3.34. The Balaban J connectivity index is 2.38.